The fourth-order valence-electron chi connectivity index (χ4n) is 1.67. The predicted molar refractivity (Wildman–Crippen MR) is 70.5 cm³/mol. The molecule has 0 unspecified atom stereocenters. The second-order valence-electron chi connectivity index (χ2n) is 5.10. The van der Waals surface area contributed by atoms with E-state index in [1.165, 1.54) is 4.90 Å². The Morgan fingerprint density at radius 2 is 2.22 bits per heavy atom. The fraction of sp³-hybridized carbons (Fsp3) is 0.667. The molecule has 1 rings (SSSR count). The fourth-order valence-corrected chi connectivity index (χ4v) is 1.67. The van der Waals surface area contributed by atoms with Crippen molar-refractivity contribution in [3.05, 3.63) is 11.8 Å². The van der Waals surface area contributed by atoms with Crippen LogP contribution in [0.1, 0.15) is 26.5 Å². The first-order valence-electron chi connectivity index (χ1n) is 6.00. The SMILES string of the molecule is CCc1cc(NC(=O)N(C)CC(C)(C)O)n(C)n1. The van der Waals surface area contributed by atoms with Crippen LogP contribution >= 0.6 is 0 Å². The summed E-state index contributed by atoms with van der Waals surface area (Å²) in [5.41, 5.74) is 0.0191. The largest absolute Gasteiger partial charge is 0.389 e. The molecule has 6 heteroatoms. The van der Waals surface area contributed by atoms with Gasteiger partial charge < -0.3 is 10.0 Å². The summed E-state index contributed by atoms with van der Waals surface area (Å²) < 4.78 is 1.63. The van der Waals surface area contributed by atoms with Gasteiger partial charge in [-0.15, -0.1) is 0 Å². The number of carbonyl (C=O) groups excluding carboxylic acids is 1. The molecule has 0 saturated carbocycles. The highest BCUT2D eigenvalue weighted by Crippen LogP contribution is 2.11. The number of aliphatic hydroxyl groups is 1. The molecule has 0 bridgehead atoms. The standard InChI is InChI=1S/C12H22N4O2/c1-6-9-7-10(16(5)14-9)13-11(17)15(4)8-12(2,3)18/h7,18H,6,8H2,1-5H3,(H,13,17). The van der Waals surface area contributed by atoms with Gasteiger partial charge in [0.1, 0.15) is 5.82 Å². The van der Waals surface area contributed by atoms with Crippen molar-refractivity contribution >= 4 is 11.8 Å². The van der Waals surface area contributed by atoms with Crippen LogP contribution in [0.5, 0.6) is 0 Å². The van der Waals surface area contributed by atoms with Crippen LogP contribution in [0, 0.1) is 0 Å². The van der Waals surface area contributed by atoms with Crippen LogP contribution in [0.25, 0.3) is 0 Å². The number of aromatic nitrogens is 2. The van der Waals surface area contributed by atoms with Gasteiger partial charge in [0.25, 0.3) is 0 Å². The van der Waals surface area contributed by atoms with E-state index in [0.717, 1.165) is 12.1 Å². The molecule has 102 valence electrons. The molecule has 0 radical (unpaired) electrons. The second-order valence-corrected chi connectivity index (χ2v) is 5.10. The van der Waals surface area contributed by atoms with Crippen molar-refractivity contribution in [1.82, 2.24) is 14.7 Å². The van der Waals surface area contributed by atoms with Gasteiger partial charge in [-0.1, -0.05) is 6.92 Å². The Hall–Kier alpha value is -1.56. The van der Waals surface area contributed by atoms with Gasteiger partial charge in [-0.05, 0) is 20.3 Å². The van der Waals surface area contributed by atoms with Gasteiger partial charge in [0, 0.05) is 20.2 Å². The van der Waals surface area contributed by atoms with E-state index < -0.39 is 5.60 Å². The molecule has 2 amide bonds. The third kappa shape index (κ3) is 4.03. The van der Waals surface area contributed by atoms with Crippen LogP contribution in [-0.2, 0) is 13.5 Å². The topological polar surface area (TPSA) is 70.4 Å². The number of amides is 2. The molecule has 18 heavy (non-hydrogen) atoms. The Labute approximate surface area is 108 Å². The molecule has 0 spiro atoms. The van der Waals surface area contributed by atoms with Gasteiger partial charge in [-0.3, -0.25) is 10.00 Å². The molecule has 0 atom stereocenters. The van der Waals surface area contributed by atoms with Crippen LogP contribution in [0.2, 0.25) is 0 Å². The number of hydrogen-bond acceptors (Lipinski definition) is 3. The molecule has 2 N–H and O–H groups in total. The summed E-state index contributed by atoms with van der Waals surface area (Å²) in [5.74, 6) is 0.652. The maximum absolute atomic E-state index is 11.9. The minimum atomic E-state index is -0.910. The number of aryl methyl sites for hydroxylation is 2. The summed E-state index contributed by atoms with van der Waals surface area (Å²) in [4.78, 5) is 13.3. The van der Waals surface area contributed by atoms with Crippen molar-refractivity contribution in [2.45, 2.75) is 32.8 Å². The maximum atomic E-state index is 11.9. The Morgan fingerprint density at radius 1 is 1.61 bits per heavy atom. The van der Waals surface area contributed by atoms with Crippen LogP contribution in [0.3, 0.4) is 0 Å². The number of anilines is 1. The average molecular weight is 254 g/mol. The van der Waals surface area contributed by atoms with Crippen LogP contribution in [-0.4, -0.2) is 45.0 Å². The van der Waals surface area contributed by atoms with Gasteiger partial charge in [-0.25, -0.2) is 4.79 Å². The number of carbonyl (C=O) groups is 1. The molecule has 1 aromatic heterocycles. The molecule has 0 aliphatic rings. The average Bonchev–Trinajstić information content (AvgIpc) is 2.57. The predicted octanol–water partition coefficient (Wildman–Crippen LogP) is 1.22. The Kier molecular flexibility index (Phi) is 4.34. The van der Waals surface area contributed by atoms with Crippen molar-refractivity contribution in [1.29, 1.82) is 0 Å². The first kappa shape index (κ1) is 14.5. The monoisotopic (exact) mass is 254 g/mol. The number of likely N-dealkylation sites (N-methyl/N-ethyl adjacent to an activating group) is 1. The third-order valence-corrected chi connectivity index (χ3v) is 2.50. The molecule has 1 heterocycles. The van der Waals surface area contributed by atoms with Gasteiger partial charge in [0.2, 0.25) is 0 Å². The number of nitrogens with zero attached hydrogens (tertiary/aromatic N) is 3. The van der Waals surface area contributed by atoms with Gasteiger partial charge >= 0.3 is 6.03 Å². The molecular weight excluding hydrogens is 232 g/mol. The zero-order valence-corrected chi connectivity index (χ0v) is 11.7. The van der Waals surface area contributed by atoms with E-state index in [-0.39, 0.29) is 12.6 Å². The summed E-state index contributed by atoms with van der Waals surface area (Å²) in [5, 5.41) is 16.7. The lowest BCUT2D eigenvalue weighted by Crippen LogP contribution is -2.41. The summed E-state index contributed by atoms with van der Waals surface area (Å²) in [6.07, 6.45) is 0.823. The van der Waals surface area contributed by atoms with E-state index in [1.807, 2.05) is 13.0 Å². The Balaban J connectivity index is 2.66. The molecule has 0 saturated heterocycles. The maximum Gasteiger partial charge on any atom is 0.322 e. The van der Waals surface area contributed by atoms with Crippen molar-refractivity contribution in [2.24, 2.45) is 7.05 Å². The highest BCUT2D eigenvalue weighted by atomic mass is 16.3. The van der Waals surface area contributed by atoms with Gasteiger partial charge in [0.15, 0.2) is 0 Å². The third-order valence-electron chi connectivity index (χ3n) is 2.50. The number of hydrogen-bond donors (Lipinski definition) is 2. The highest BCUT2D eigenvalue weighted by molar-refractivity contribution is 5.88. The molecule has 0 aliphatic heterocycles. The van der Waals surface area contributed by atoms with Crippen LogP contribution in [0.15, 0.2) is 6.07 Å². The van der Waals surface area contributed by atoms with Crippen molar-refractivity contribution in [3.63, 3.8) is 0 Å². The lowest BCUT2D eigenvalue weighted by atomic mass is 10.1. The lowest BCUT2D eigenvalue weighted by molar-refractivity contribution is 0.0550. The second kappa shape index (κ2) is 5.39. The summed E-state index contributed by atoms with van der Waals surface area (Å²) >= 11 is 0. The minimum absolute atomic E-state index is 0.261. The first-order chi connectivity index (χ1) is 8.23. The zero-order valence-electron chi connectivity index (χ0n) is 11.7. The number of urea groups is 1. The first-order valence-corrected chi connectivity index (χ1v) is 6.00. The molecule has 0 aromatic carbocycles. The molecule has 0 aliphatic carbocycles. The quantitative estimate of drug-likeness (QED) is 0.848. The van der Waals surface area contributed by atoms with E-state index in [9.17, 15) is 9.90 Å². The van der Waals surface area contributed by atoms with Crippen LogP contribution < -0.4 is 5.32 Å². The smallest absolute Gasteiger partial charge is 0.322 e. The highest BCUT2D eigenvalue weighted by Gasteiger charge is 2.20. The van der Waals surface area contributed by atoms with Crippen molar-refractivity contribution in [3.8, 4) is 0 Å². The summed E-state index contributed by atoms with van der Waals surface area (Å²) in [6, 6.07) is 1.58. The number of rotatable bonds is 4. The normalized spacial score (nSPS) is 11.4. The molecule has 0 fully saturated rings. The lowest BCUT2D eigenvalue weighted by Gasteiger charge is -2.25. The summed E-state index contributed by atoms with van der Waals surface area (Å²) in [7, 11) is 3.43. The number of nitrogens with one attached hydrogen (secondary N) is 1. The van der Waals surface area contributed by atoms with Crippen molar-refractivity contribution < 1.29 is 9.90 Å². The Morgan fingerprint density at radius 3 is 2.67 bits per heavy atom. The molecule has 1 aromatic rings. The molecular formula is C12H22N4O2. The Bertz CT molecular complexity index is 420. The molecule has 6 nitrogen and oxygen atoms in total. The zero-order chi connectivity index (χ0) is 13.9. The van der Waals surface area contributed by atoms with E-state index in [1.54, 1.807) is 32.6 Å². The van der Waals surface area contributed by atoms with Gasteiger partial charge in [-0.2, -0.15) is 5.10 Å². The van der Waals surface area contributed by atoms with E-state index in [0.29, 0.717) is 5.82 Å². The minimum Gasteiger partial charge on any atom is -0.389 e. The van der Waals surface area contributed by atoms with Crippen molar-refractivity contribution in [2.75, 3.05) is 18.9 Å². The summed E-state index contributed by atoms with van der Waals surface area (Å²) in [6.45, 7) is 5.59. The van der Waals surface area contributed by atoms with E-state index in [2.05, 4.69) is 10.4 Å². The van der Waals surface area contributed by atoms with Gasteiger partial charge in [0.05, 0.1) is 17.8 Å². The van der Waals surface area contributed by atoms with Crippen LogP contribution in [0.4, 0.5) is 10.6 Å². The van der Waals surface area contributed by atoms with E-state index >= 15 is 0 Å². The van der Waals surface area contributed by atoms with E-state index in [4.69, 9.17) is 0 Å².